The summed E-state index contributed by atoms with van der Waals surface area (Å²) in [5.41, 5.74) is 10.8. The predicted octanol–water partition coefficient (Wildman–Crippen LogP) is 3.95. The number of halogens is 2. The first-order chi connectivity index (χ1) is 16.5. The Kier molecular flexibility index (Phi) is 5.67. The van der Waals surface area contributed by atoms with Crippen molar-refractivity contribution in [3.63, 3.8) is 0 Å². The number of hydrogen-bond donors (Lipinski definition) is 1. The van der Waals surface area contributed by atoms with Crippen molar-refractivity contribution in [2.24, 2.45) is 12.8 Å². The SMILES string of the molecule is Cn1ncc(-c2cccnc2F)c1-c1ccc2c(c1)CN([C@H](CN)Cc1cccc(F)c1)C2=O. The Morgan fingerprint density at radius 2 is 1.91 bits per heavy atom. The molecule has 0 unspecified atom stereocenters. The zero-order valence-corrected chi connectivity index (χ0v) is 18.6. The first-order valence-corrected chi connectivity index (χ1v) is 11.0. The van der Waals surface area contributed by atoms with Crippen LogP contribution in [0.4, 0.5) is 8.78 Å². The van der Waals surface area contributed by atoms with Crippen molar-refractivity contribution >= 4 is 5.91 Å². The number of aryl methyl sites for hydroxylation is 1. The van der Waals surface area contributed by atoms with Crippen LogP contribution in [0.5, 0.6) is 0 Å². The molecular formula is C26H23F2N5O. The first kappa shape index (κ1) is 21.9. The van der Waals surface area contributed by atoms with E-state index in [1.165, 1.54) is 18.3 Å². The molecule has 2 aromatic heterocycles. The van der Waals surface area contributed by atoms with Crippen molar-refractivity contribution in [2.45, 2.75) is 19.0 Å². The van der Waals surface area contributed by atoms with Crippen LogP contribution in [-0.4, -0.2) is 38.2 Å². The number of nitrogens with zero attached hydrogens (tertiary/aromatic N) is 4. The molecule has 0 bridgehead atoms. The monoisotopic (exact) mass is 459 g/mol. The van der Waals surface area contributed by atoms with Crippen molar-refractivity contribution in [2.75, 3.05) is 6.54 Å². The average molecular weight is 460 g/mol. The van der Waals surface area contributed by atoms with Gasteiger partial charge in [-0.15, -0.1) is 0 Å². The molecule has 1 aliphatic rings. The lowest BCUT2D eigenvalue weighted by Gasteiger charge is -2.26. The Morgan fingerprint density at radius 1 is 1.06 bits per heavy atom. The van der Waals surface area contributed by atoms with E-state index in [1.54, 1.807) is 47.1 Å². The van der Waals surface area contributed by atoms with Crippen molar-refractivity contribution in [1.82, 2.24) is 19.7 Å². The molecular weight excluding hydrogens is 436 g/mol. The summed E-state index contributed by atoms with van der Waals surface area (Å²) in [4.78, 5) is 18.7. The van der Waals surface area contributed by atoms with E-state index in [9.17, 15) is 13.6 Å². The van der Waals surface area contributed by atoms with Crippen LogP contribution in [0.1, 0.15) is 21.5 Å². The van der Waals surface area contributed by atoms with Gasteiger partial charge in [0.05, 0.1) is 11.9 Å². The zero-order chi connectivity index (χ0) is 23.8. The van der Waals surface area contributed by atoms with Gasteiger partial charge in [-0.2, -0.15) is 9.49 Å². The van der Waals surface area contributed by atoms with Gasteiger partial charge in [-0.05, 0) is 53.9 Å². The Balaban J connectivity index is 1.47. The number of aromatic nitrogens is 3. The molecule has 3 heterocycles. The molecule has 0 spiro atoms. The van der Waals surface area contributed by atoms with Gasteiger partial charge in [-0.3, -0.25) is 9.48 Å². The molecule has 6 nitrogen and oxygen atoms in total. The lowest BCUT2D eigenvalue weighted by Crippen LogP contribution is -2.42. The summed E-state index contributed by atoms with van der Waals surface area (Å²) in [6.07, 6.45) is 3.48. The van der Waals surface area contributed by atoms with E-state index in [1.807, 2.05) is 18.2 Å². The maximum atomic E-state index is 14.4. The fraction of sp³-hybridized carbons (Fsp3) is 0.192. The molecule has 1 amide bonds. The molecule has 2 N–H and O–H groups in total. The van der Waals surface area contributed by atoms with E-state index in [-0.39, 0.29) is 24.3 Å². The number of hydrogen-bond acceptors (Lipinski definition) is 4. The van der Waals surface area contributed by atoms with Crippen LogP contribution in [0.2, 0.25) is 0 Å². The minimum Gasteiger partial charge on any atom is -0.330 e. The molecule has 0 saturated heterocycles. The number of benzene rings is 2. The Bertz CT molecular complexity index is 1380. The summed E-state index contributed by atoms with van der Waals surface area (Å²) in [6, 6.07) is 15.0. The highest BCUT2D eigenvalue weighted by Gasteiger charge is 2.33. The number of amides is 1. The van der Waals surface area contributed by atoms with Gasteiger partial charge in [-0.1, -0.05) is 18.2 Å². The maximum absolute atomic E-state index is 14.4. The van der Waals surface area contributed by atoms with E-state index in [0.717, 1.165) is 22.4 Å². The normalized spacial score (nSPS) is 13.9. The molecule has 0 saturated carbocycles. The quantitative estimate of drug-likeness (QED) is 0.443. The minimum absolute atomic E-state index is 0.100. The molecule has 1 atom stereocenters. The molecule has 0 radical (unpaired) electrons. The van der Waals surface area contributed by atoms with Crippen LogP contribution < -0.4 is 5.73 Å². The van der Waals surface area contributed by atoms with Crippen LogP contribution in [0.3, 0.4) is 0 Å². The van der Waals surface area contributed by atoms with Crippen LogP contribution in [0.15, 0.2) is 67.0 Å². The van der Waals surface area contributed by atoms with Gasteiger partial charge >= 0.3 is 0 Å². The van der Waals surface area contributed by atoms with Crippen molar-refractivity contribution in [1.29, 1.82) is 0 Å². The van der Waals surface area contributed by atoms with E-state index in [2.05, 4.69) is 10.1 Å². The molecule has 2 aromatic carbocycles. The summed E-state index contributed by atoms with van der Waals surface area (Å²) >= 11 is 0. The van der Waals surface area contributed by atoms with E-state index < -0.39 is 5.95 Å². The summed E-state index contributed by atoms with van der Waals surface area (Å²) in [5.74, 6) is -0.981. The Labute approximate surface area is 195 Å². The Morgan fingerprint density at radius 3 is 2.68 bits per heavy atom. The van der Waals surface area contributed by atoms with Gasteiger partial charge in [0, 0.05) is 54.6 Å². The molecule has 8 heteroatoms. The van der Waals surface area contributed by atoms with Crippen LogP contribution in [-0.2, 0) is 20.0 Å². The van der Waals surface area contributed by atoms with Crippen LogP contribution in [0, 0.1) is 11.8 Å². The third kappa shape index (κ3) is 3.86. The van der Waals surface area contributed by atoms with Gasteiger partial charge in [0.2, 0.25) is 5.95 Å². The number of rotatable bonds is 6. The molecule has 0 fully saturated rings. The zero-order valence-electron chi connectivity index (χ0n) is 18.6. The molecule has 0 aliphatic carbocycles. The van der Waals surface area contributed by atoms with E-state index >= 15 is 0 Å². The minimum atomic E-state index is -0.567. The summed E-state index contributed by atoms with van der Waals surface area (Å²) in [6.45, 7) is 0.656. The van der Waals surface area contributed by atoms with Crippen molar-refractivity contribution in [3.8, 4) is 22.4 Å². The second-order valence-corrected chi connectivity index (χ2v) is 8.40. The lowest BCUT2D eigenvalue weighted by molar-refractivity contribution is 0.0708. The average Bonchev–Trinajstić information content (AvgIpc) is 3.37. The molecule has 1 aliphatic heterocycles. The molecule has 5 rings (SSSR count). The first-order valence-electron chi connectivity index (χ1n) is 11.0. The highest BCUT2D eigenvalue weighted by Crippen LogP contribution is 2.35. The fourth-order valence-corrected chi connectivity index (χ4v) is 4.61. The standard InChI is InChI=1S/C26H23F2N5O/c1-32-24(23(14-31-32)22-6-3-9-30-25(22)28)17-7-8-21-18(12-17)15-33(26(21)34)20(13-29)11-16-4-2-5-19(27)10-16/h2-10,12,14,20H,11,13,15,29H2,1H3/t20-/m0/s1. The maximum Gasteiger partial charge on any atom is 0.254 e. The highest BCUT2D eigenvalue weighted by atomic mass is 19.1. The van der Waals surface area contributed by atoms with Gasteiger partial charge < -0.3 is 10.6 Å². The van der Waals surface area contributed by atoms with Crippen molar-refractivity contribution in [3.05, 3.63) is 95.4 Å². The molecule has 172 valence electrons. The number of fused-ring (bicyclic) bond motifs is 1. The highest BCUT2D eigenvalue weighted by molar-refractivity contribution is 5.99. The Hall–Kier alpha value is -3.91. The number of nitrogens with two attached hydrogens (primary N) is 1. The van der Waals surface area contributed by atoms with Crippen molar-refractivity contribution < 1.29 is 13.6 Å². The second-order valence-electron chi connectivity index (χ2n) is 8.40. The smallest absolute Gasteiger partial charge is 0.254 e. The van der Waals surface area contributed by atoms with E-state index in [4.69, 9.17) is 5.73 Å². The molecule has 4 aromatic rings. The summed E-state index contributed by atoms with van der Waals surface area (Å²) in [5, 5.41) is 4.33. The van der Waals surface area contributed by atoms with Gasteiger partial charge in [0.1, 0.15) is 5.82 Å². The van der Waals surface area contributed by atoms with Gasteiger partial charge in [-0.25, -0.2) is 9.37 Å². The summed E-state index contributed by atoms with van der Waals surface area (Å²) < 4.78 is 29.7. The topological polar surface area (TPSA) is 77.0 Å². The third-order valence-electron chi connectivity index (χ3n) is 6.27. The van der Waals surface area contributed by atoms with E-state index in [0.29, 0.717) is 29.7 Å². The van der Waals surface area contributed by atoms with Crippen LogP contribution in [0.25, 0.3) is 22.4 Å². The summed E-state index contributed by atoms with van der Waals surface area (Å²) in [7, 11) is 1.79. The predicted molar refractivity (Wildman–Crippen MR) is 125 cm³/mol. The number of carbonyl (C=O) groups is 1. The lowest BCUT2D eigenvalue weighted by atomic mass is 9.99. The van der Waals surface area contributed by atoms with Gasteiger partial charge in [0.25, 0.3) is 5.91 Å². The van der Waals surface area contributed by atoms with Crippen LogP contribution >= 0.6 is 0 Å². The number of pyridine rings is 1. The third-order valence-corrected chi connectivity index (χ3v) is 6.27. The molecule has 34 heavy (non-hydrogen) atoms. The van der Waals surface area contributed by atoms with Gasteiger partial charge in [0.15, 0.2) is 0 Å². The largest absolute Gasteiger partial charge is 0.330 e. The fourth-order valence-electron chi connectivity index (χ4n) is 4.61. The second kappa shape index (κ2) is 8.79. The number of carbonyl (C=O) groups excluding carboxylic acids is 1.